The summed E-state index contributed by atoms with van der Waals surface area (Å²) in [7, 11) is -2.96. The molecule has 0 unspecified atom stereocenters. The van der Waals surface area contributed by atoms with Crippen molar-refractivity contribution in [2.75, 3.05) is 0 Å². The minimum Gasteiger partial charge on any atom is -0.231 e. The van der Waals surface area contributed by atoms with Crippen molar-refractivity contribution in [3.05, 3.63) is 6.20 Å². The Bertz CT molecular complexity index is 468. The smallest absolute Gasteiger partial charge is 0.231 e. The number of nitrogens with two attached hydrogens (primary N) is 1. The number of aromatic nitrogens is 1. The molecule has 0 bridgehead atoms. The number of rotatable bonds is 2. The molecule has 0 spiro atoms. The number of primary sulfonamides is 1. The van der Waals surface area contributed by atoms with Crippen LogP contribution in [0.5, 0.6) is 0 Å². The molecule has 0 saturated carbocycles. The van der Waals surface area contributed by atoms with Crippen LogP contribution < -0.4 is 5.14 Å². The maximum absolute atomic E-state index is 10.7. The number of sulfonamides is 1. The van der Waals surface area contributed by atoms with E-state index in [0.717, 1.165) is 6.20 Å². The molecule has 0 aliphatic heterocycles. The largest absolute Gasteiger partial charge is 0.272 e. The van der Waals surface area contributed by atoms with E-state index in [1.807, 2.05) is 0 Å². The third kappa shape index (κ3) is 2.61. The molecule has 6 nitrogen and oxygen atoms in total. The van der Waals surface area contributed by atoms with Crippen molar-refractivity contribution in [2.45, 2.75) is 8.55 Å². The zero-order valence-corrected chi connectivity index (χ0v) is 9.04. The van der Waals surface area contributed by atoms with Gasteiger partial charge in [-0.25, -0.2) is 27.0 Å². The van der Waals surface area contributed by atoms with Crippen molar-refractivity contribution in [1.29, 1.82) is 0 Å². The van der Waals surface area contributed by atoms with E-state index < -0.39 is 23.4 Å². The van der Waals surface area contributed by atoms with E-state index in [4.69, 9.17) is 15.8 Å². The number of nitrogens with zero attached hydrogens (tertiary/aromatic N) is 1. The Morgan fingerprint density at radius 3 is 2.15 bits per heavy atom. The van der Waals surface area contributed by atoms with Gasteiger partial charge in [0, 0.05) is 10.7 Å². The van der Waals surface area contributed by atoms with Crippen molar-refractivity contribution in [3.8, 4) is 0 Å². The highest BCUT2D eigenvalue weighted by Crippen LogP contribution is 2.24. The molecule has 0 fully saturated rings. The molecule has 0 amide bonds. The predicted octanol–water partition coefficient (Wildman–Crippen LogP) is -0.282. The van der Waals surface area contributed by atoms with Crippen LogP contribution in [0, 0.1) is 0 Å². The minimum absolute atomic E-state index is 0.349. The third-order valence-corrected chi connectivity index (χ3v) is 5.34. The molecule has 0 radical (unpaired) electrons. The molecule has 1 aromatic rings. The Morgan fingerprint density at radius 2 is 1.92 bits per heavy atom. The van der Waals surface area contributed by atoms with E-state index in [-0.39, 0.29) is 4.21 Å². The number of hydrogen-bond donors (Lipinski definition) is 1. The zero-order chi connectivity index (χ0) is 10.3. The second-order valence-electron chi connectivity index (χ2n) is 1.93. The van der Waals surface area contributed by atoms with Crippen molar-refractivity contribution in [3.63, 3.8) is 0 Å². The van der Waals surface area contributed by atoms with Gasteiger partial charge in [-0.15, -0.1) is 0 Å². The van der Waals surface area contributed by atoms with Gasteiger partial charge in [0.05, 0.1) is 6.20 Å². The maximum Gasteiger partial charge on any atom is 0.272 e. The van der Waals surface area contributed by atoms with Gasteiger partial charge in [-0.05, 0) is 0 Å². The molecule has 13 heavy (non-hydrogen) atoms. The Labute approximate surface area is 82.8 Å². The standard InChI is InChI=1S/C3H3ClN2O4S3/c4-12(7,8)2-1-6-3(11-2)13(5,9)10/h1H,(H2,5,9,10). The fourth-order valence-corrected chi connectivity index (χ4v) is 3.18. The summed E-state index contributed by atoms with van der Waals surface area (Å²) in [4.78, 5) is 3.30. The molecule has 0 atom stereocenters. The van der Waals surface area contributed by atoms with Crippen LogP contribution in [0.3, 0.4) is 0 Å². The summed E-state index contributed by atoms with van der Waals surface area (Å²) in [5.41, 5.74) is 0. The number of halogens is 1. The Morgan fingerprint density at radius 1 is 1.38 bits per heavy atom. The van der Waals surface area contributed by atoms with Crippen molar-refractivity contribution >= 4 is 41.1 Å². The first-order valence-corrected chi connectivity index (χ1v) is 7.32. The first kappa shape index (κ1) is 10.9. The second-order valence-corrected chi connectivity index (χ2v) is 7.49. The summed E-state index contributed by atoms with van der Waals surface area (Å²) in [6.07, 6.45) is 0.840. The average Bonchev–Trinajstić information content (AvgIpc) is 2.28. The molecule has 10 heteroatoms. The van der Waals surface area contributed by atoms with Gasteiger partial charge in [-0.1, -0.05) is 11.3 Å². The van der Waals surface area contributed by atoms with Gasteiger partial charge in [0.1, 0.15) is 0 Å². The minimum atomic E-state index is -3.96. The van der Waals surface area contributed by atoms with E-state index in [0.29, 0.717) is 11.3 Å². The van der Waals surface area contributed by atoms with Gasteiger partial charge in [0.2, 0.25) is 4.34 Å². The van der Waals surface area contributed by atoms with Crippen molar-refractivity contribution in [2.24, 2.45) is 5.14 Å². The first-order valence-electron chi connectivity index (χ1n) is 2.64. The Hall–Kier alpha value is -0.220. The van der Waals surface area contributed by atoms with E-state index in [9.17, 15) is 16.8 Å². The van der Waals surface area contributed by atoms with Gasteiger partial charge >= 0.3 is 0 Å². The van der Waals surface area contributed by atoms with Crippen LogP contribution in [0.25, 0.3) is 0 Å². The topological polar surface area (TPSA) is 107 Å². The van der Waals surface area contributed by atoms with E-state index >= 15 is 0 Å². The van der Waals surface area contributed by atoms with Gasteiger partial charge in [0.25, 0.3) is 19.1 Å². The number of hydrogen-bond acceptors (Lipinski definition) is 6. The predicted molar refractivity (Wildman–Crippen MR) is 46.5 cm³/mol. The monoisotopic (exact) mass is 262 g/mol. The lowest BCUT2D eigenvalue weighted by molar-refractivity contribution is 0.596. The quantitative estimate of drug-likeness (QED) is 0.738. The highest BCUT2D eigenvalue weighted by atomic mass is 35.7. The molecule has 0 aliphatic carbocycles. The lowest BCUT2D eigenvalue weighted by Crippen LogP contribution is -2.11. The van der Waals surface area contributed by atoms with Crippen LogP contribution >= 0.6 is 22.0 Å². The highest BCUT2D eigenvalue weighted by molar-refractivity contribution is 8.15. The molecular formula is C3H3ClN2O4S3. The Kier molecular flexibility index (Phi) is 2.65. The molecular weight excluding hydrogens is 260 g/mol. The summed E-state index contributed by atoms with van der Waals surface area (Å²) in [6.45, 7) is 0. The molecule has 1 aromatic heterocycles. The van der Waals surface area contributed by atoms with Crippen LogP contribution in [0.15, 0.2) is 14.7 Å². The summed E-state index contributed by atoms with van der Waals surface area (Å²) < 4.78 is 41.8. The normalized spacial score (nSPS) is 13.1. The fraction of sp³-hybridized carbons (Fsp3) is 0. The third-order valence-electron chi connectivity index (χ3n) is 0.947. The van der Waals surface area contributed by atoms with Crippen LogP contribution in [-0.4, -0.2) is 21.8 Å². The summed E-state index contributed by atoms with van der Waals surface area (Å²) in [6, 6.07) is 0. The molecule has 0 aliphatic rings. The van der Waals surface area contributed by atoms with E-state index in [1.54, 1.807) is 0 Å². The fourth-order valence-electron chi connectivity index (χ4n) is 0.488. The number of thiazole rings is 1. The molecule has 1 heterocycles. The van der Waals surface area contributed by atoms with E-state index in [2.05, 4.69) is 4.98 Å². The van der Waals surface area contributed by atoms with Crippen LogP contribution in [0.1, 0.15) is 0 Å². The average molecular weight is 263 g/mol. The van der Waals surface area contributed by atoms with Crippen LogP contribution in [-0.2, 0) is 19.1 Å². The zero-order valence-electron chi connectivity index (χ0n) is 5.84. The molecule has 0 saturated heterocycles. The van der Waals surface area contributed by atoms with Gasteiger partial charge in [-0.2, -0.15) is 0 Å². The van der Waals surface area contributed by atoms with Crippen LogP contribution in [0.2, 0.25) is 0 Å². The summed E-state index contributed by atoms with van der Waals surface area (Å²) in [5.74, 6) is 0. The maximum atomic E-state index is 10.7. The Balaban J connectivity index is 3.32. The van der Waals surface area contributed by atoms with Crippen molar-refractivity contribution in [1.82, 2.24) is 4.98 Å². The summed E-state index contributed by atoms with van der Waals surface area (Å²) >= 11 is 0.403. The molecule has 74 valence electrons. The van der Waals surface area contributed by atoms with Gasteiger partial charge in [-0.3, -0.25) is 0 Å². The first-order chi connectivity index (χ1) is 5.71. The molecule has 0 aromatic carbocycles. The second kappa shape index (κ2) is 3.17. The van der Waals surface area contributed by atoms with Gasteiger partial charge < -0.3 is 0 Å². The van der Waals surface area contributed by atoms with Crippen LogP contribution in [0.4, 0.5) is 0 Å². The lowest BCUT2D eigenvalue weighted by atomic mass is 11.0. The lowest BCUT2D eigenvalue weighted by Gasteiger charge is -1.86. The van der Waals surface area contributed by atoms with Gasteiger partial charge in [0.15, 0.2) is 4.21 Å². The highest BCUT2D eigenvalue weighted by Gasteiger charge is 2.19. The van der Waals surface area contributed by atoms with E-state index in [1.165, 1.54) is 0 Å². The SMILES string of the molecule is NS(=O)(=O)c1ncc(S(=O)(=O)Cl)s1. The molecule has 1 rings (SSSR count). The van der Waals surface area contributed by atoms with Crippen molar-refractivity contribution < 1.29 is 16.8 Å². The summed E-state index contributed by atoms with van der Waals surface area (Å²) in [5, 5.41) is 4.70. The molecule has 2 N–H and O–H groups in total.